The van der Waals surface area contributed by atoms with Crippen molar-refractivity contribution < 1.29 is 18.3 Å². The van der Waals surface area contributed by atoms with Crippen molar-refractivity contribution in [2.24, 2.45) is 0 Å². The van der Waals surface area contributed by atoms with Crippen LogP contribution in [0.1, 0.15) is 87.2 Å². The van der Waals surface area contributed by atoms with E-state index in [1.54, 1.807) is 14.2 Å². The summed E-state index contributed by atoms with van der Waals surface area (Å²) in [6.45, 7) is 0. The number of oxazole rings is 2. The first-order valence-corrected chi connectivity index (χ1v) is 16.8. The highest BCUT2D eigenvalue weighted by molar-refractivity contribution is 5.81. The van der Waals surface area contributed by atoms with Crippen molar-refractivity contribution in [3.8, 4) is 45.5 Å². The summed E-state index contributed by atoms with van der Waals surface area (Å²) in [6.07, 6.45) is 12.6. The molecule has 46 heavy (non-hydrogen) atoms. The molecule has 234 valence electrons. The number of ether oxygens (including phenoxy) is 2. The van der Waals surface area contributed by atoms with Gasteiger partial charge in [0.05, 0.1) is 14.2 Å². The average molecular weight is 613 g/mol. The van der Waals surface area contributed by atoms with Gasteiger partial charge < -0.3 is 18.3 Å². The molecule has 0 spiro atoms. The molecule has 0 saturated heterocycles. The molecule has 2 saturated carbocycles. The zero-order valence-electron chi connectivity index (χ0n) is 26.7. The number of aromatic nitrogens is 2. The van der Waals surface area contributed by atoms with Gasteiger partial charge in [-0.1, -0.05) is 62.8 Å². The molecule has 0 bridgehead atoms. The van der Waals surface area contributed by atoms with Gasteiger partial charge in [0.2, 0.25) is 11.8 Å². The van der Waals surface area contributed by atoms with E-state index in [0.717, 1.165) is 56.0 Å². The van der Waals surface area contributed by atoms with Crippen LogP contribution in [0.5, 0.6) is 11.5 Å². The molecule has 0 amide bonds. The van der Waals surface area contributed by atoms with Crippen molar-refractivity contribution >= 4 is 22.2 Å². The maximum absolute atomic E-state index is 6.21. The molecule has 6 heteroatoms. The van der Waals surface area contributed by atoms with Gasteiger partial charge in [0.1, 0.15) is 22.5 Å². The van der Waals surface area contributed by atoms with Gasteiger partial charge in [-0.3, -0.25) is 0 Å². The summed E-state index contributed by atoms with van der Waals surface area (Å²) in [4.78, 5) is 9.75. The molecule has 2 aliphatic carbocycles. The summed E-state index contributed by atoms with van der Waals surface area (Å²) in [5.74, 6) is 4.12. The van der Waals surface area contributed by atoms with Crippen LogP contribution in [-0.2, 0) is 0 Å². The minimum Gasteiger partial charge on any atom is -0.496 e. The van der Waals surface area contributed by atoms with Crippen LogP contribution in [0.4, 0.5) is 0 Å². The Hall–Kier alpha value is -4.58. The zero-order chi connectivity index (χ0) is 31.0. The second-order valence-electron chi connectivity index (χ2n) is 13.0. The summed E-state index contributed by atoms with van der Waals surface area (Å²) < 4.78 is 24.0. The van der Waals surface area contributed by atoms with Crippen molar-refractivity contribution in [1.82, 2.24) is 9.97 Å². The van der Waals surface area contributed by atoms with Crippen molar-refractivity contribution in [1.29, 1.82) is 0 Å². The van der Waals surface area contributed by atoms with Crippen molar-refractivity contribution in [3.63, 3.8) is 0 Å². The molecule has 2 aromatic heterocycles. The molecule has 4 aromatic carbocycles. The largest absolute Gasteiger partial charge is 0.496 e. The van der Waals surface area contributed by atoms with E-state index in [1.165, 1.54) is 75.3 Å². The van der Waals surface area contributed by atoms with Crippen LogP contribution < -0.4 is 9.47 Å². The summed E-state index contributed by atoms with van der Waals surface area (Å²) in [5.41, 5.74) is 9.94. The molecule has 2 fully saturated rings. The third-order valence-electron chi connectivity index (χ3n) is 10.2. The van der Waals surface area contributed by atoms with E-state index in [0.29, 0.717) is 23.6 Å². The highest BCUT2D eigenvalue weighted by Gasteiger charge is 2.23. The molecule has 0 unspecified atom stereocenters. The zero-order valence-corrected chi connectivity index (χ0v) is 26.7. The molecular weight excluding hydrogens is 572 g/mol. The number of hydrogen-bond donors (Lipinski definition) is 0. The minimum absolute atomic E-state index is 0.532. The second-order valence-corrected chi connectivity index (χ2v) is 13.0. The average Bonchev–Trinajstić information content (AvgIpc) is 3.75. The van der Waals surface area contributed by atoms with Crippen molar-refractivity contribution in [2.75, 3.05) is 14.2 Å². The Labute approximate surface area is 269 Å². The predicted octanol–water partition coefficient (Wildman–Crippen LogP) is 11.1. The summed E-state index contributed by atoms with van der Waals surface area (Å²) >= 11 is 0. The predicted molar refractivity (Wildman–Crippen MR) is 183 cm³/mol. The van der Waals surface area contributed by atoms with Crippen LogP contribution >= 0.6 is 0 Å². The molecule has 2 heterocycles. The van der Waals surface area contributed by atoms with Gasteiger partial charge in [0.15, 0.2) is 11.2 Å². The Kier molecular flexibility index (Phi) is 7.73. The number of rotatable bonds is 7. The number of nitrogens with zero attached hydrogens (tertiary/aromatic N) is 2. The SMILES string of the molecule is COc1cc2oc(-c3ccc(-c4ccc(-c5nc6cc(C7CCCCC7)c(OC)cc6o5)cc4)cc3)nc2cc1C1CCCCC1. The van der Waals surface area contributed by atoms with Gasteiger partial charge in [0, 0.05) is 23.3 Å². The van der Waals surface area contributed by atoms with E-state index in [2.05, 4.69) is 60.7 Å². The van der Waals surface area contributed by atoms with E-state index >= 15 is 0 Å². The van der Waals surface area contributed by atoms with E-state index in [9.17, 15) is 0 Å². The fraction of sp³-hybridized carbons (Fsp3) is 0.350. The van der Waals surface area contributed by atoms with Gasteiger partial charge >= 0.3 is 0 Å². The number of fused-ring (bicyclic) bond motifs is 2. The summed E-state index contributed by atoms with van der Waals surface area (Å²) in [5, 5.41) is 0. The summed E-state index contributed by atoms with van der Waals surface area (Å²) in [6, 6.07) is 25.1. The van der Waals surface area contributed by atoms with Crippen LogP contribution in [0.2, 0.25) is 0 Å². The molecule has 6 nitrogen and oxygen atoms in total. The van der Waals surface area contributed by atoms with E-state index < -0.39 is 0 Å². The molecule has 8 rings (SSSR count). The smallest absolute Gasteiger partial charge is 0.227 e. The summed E-state index contributed by atoms with van der Waals surface area (Å²) in [7, 11) is 3.49. The topological polar surface area (TPSA) is 70.5 Å². The first kappa shape index (κ1) is 28.9. The Morgan fingerprint density at radius 3 is 1.24 bits per heavy atom. The monoisotopic (exact) mass is 612 g/mol. The van der Waals surface area contributed by atoms with Gasteiger partial charge in [-0.05, 0) is 96.2 Å². The molecule has 0 N–H and O–H groups in total. The number of benzene rings is 4. The quantitative estimate of drug-likeness (QED) is 0.179. The Balaban J connectivity index is 1.02. The number of hydrogen-bond acceptors (Lipinski definition) is 6. The lowest BCUT2D eigenvalue weighted by molar-refractivity contribution is 0.387. The Bertz CT molecular complexity index is 1830. The normalized spacial score (nSPS) is 16.3. The first-order valence-electron chi connectivity index (χ1n) is 16.8. The lowest BCUT2D eigenvalue weighted by Crippen LogP contribution is -2.06. The highest BCUT2D eigenvalue weighted by atomic mass is 16.5. The van der Waals surface area contributed by atoms with Gasteiger partial charge in [-0.2, -0.15) is 0 Å². The van der Waals surface area contributed by atoms with E-state index in [4.69, 9.17) is 28.3 Å². The van der Waals surface area contributed by atoms with Crippen molar-refractivity contribution in [2.45, 2.75) is 76.0 Å². The van der Waals surface area contributed by atoms with Crippen LogP contribution in [0, 0.1) is 0 Å². The number of methoxy groups -OCH3 is 2. The molecule has 0 aliphatic heterocycles. The molecule has 6 aromatic rings. The van der Waals surface area contributed by atoms with Crippen molar-refractivity contribution in [3.05, 3.63) is 83.9 Å². The van der Waals surface area contributed by atoms with Gasteiger partial charge in [-0.15, -0.1) is 0 Å². The van der Waals surface area contributed by atoms with Crippen LogP contribution in [-0.4, -0.2) is 24.2 Å². The first-order chi connectivity index (χ1) is 22.7. The maximum atomic E-state index is 6.21. The minimum atomic E-state index is 0.532. The standard InChI is InChI=1S/C40H40N2O4/c1-43-35-23-37-33(21-31(35)27-9-5-3-6-10-27)41-39(45-37)29-17-13-25(14-18-29)26-15-19-30(20-16-26)40-42-34-22-32(28-11-7-4-8-12-28)36(44-2)24-38(34)46-40/h13-24,27-28H,3-12H2,1-2H3. The van der Waals surface area contributed by atoms with Crippen LogP contribution in [0.15, 0.2) is 81.6 Å². The lowest BCUT2D eigenvalue weighted by Gasteiger charge is -2.23. The van der Waals surface area contributed by atoms with E-state index in [-0.39, 0.29) is 0 Å². The molecule has 2 aliphatic rings. The second kappa shape index (κ2) is 12.3. The fourth-order valence-corrected chi connectivity index (χ4v) is 7.62. The van der Waals surface area contributed by atoms with Crippen LogP contribution in [0.3, 0.4) is 0 Å². The third kappa shape index (κ3) is 5.44. The lowest BCUT2D eigenvalue weighted by atomic mass is 9.83. The van der Waals surface area contributed by atoms with Gasteiger partial charge in [0.25, 0.3) is 0 Å². The van der Waals surface area contributed by atoms with Gasteiger partial charge in [-0.25, -0.2) is 9.97 Å². The Morgan fingerprint density at radius 1 is 0.500 bits per heavy atom. The molecular formula is C40H40N2O4. The maximum Gasteiger partial charge on any atom is 0.227 e. The van der Waals surface area contributed by atoms with Crippen LogP contribution in [0.25, 0.3) is 56.2 Å². The fourth-order valence-electron chi connectivity index (χ4n) is 7.62. The Morgan fingerprint density at radius 2 is 0.870 bits per heavy atom. The molecule has 0 atom stereocenters. The molecule has 0 radical (unpaired) electrons. The highest BCUT2D eigenvalue weighted by Crippen LogP contribution is 2.42. The third-order valence-corrected chi connectivity index (χ3v) is 10.2. The van der Waals surface area contributed by atoms with E-state index in [1.807, 2.05) is 12.1 Å².